The van der Waals surface area contributed by atoms with Crippen LogP contribution in [-0.2, 0) is 12.4 Å². The lowest BCUT2D eigenvalue weighted by Gasteiger charge is -2.09. The molecule has 0 atom stereocenters. The number of rotatable bonds is 2. The molecular formula is C15H7ClF6N4O. The van der Waals surface area contributed by atoms with Crippen LogP contribution in [0.2, 0.25) is 5.02 Å². The summed E-state index contributed by atoms with van der Waals surface area (Å²) in [5, 5.41) is 3.17. The van der Waals surface area contributed by atoms with Crippen molar-refractivity contribution in [2.24, 2.45) is 0 Å². The van der Waals surface area contributed by atoms with Gasteiger partial charge in [0.25, 0.3) is 0 Å². The van der Waals surface area contributed by atoms with Crippen molar-refractivity contribution in [2.75, 3.05) is 0 Å². The molecule has 0 bridgehead atoms. The van der Waals surface area contributed by atoms with Gasteiger partial charge in [-0.05, 0) is 24.3 Å². The first-order valence-electron chi connectivity index (χ1n) is 7.06. The van der Waals surface area contributed by atoms with E-state index in [1.807, 2.05) is 0 Å². The van der Waals surface area contributed by atoms with E-state index >= 15 is 0 Å². The predicted octanol–water partition coefficient (Wildman–Crippen LogP) is 4.11. The third-order valence-corrected chi connectivity index (χ3v) is 3.75. The quantitative estimate of drug-likeness (QED) is 0.600. The lowest BCUT2D eigenvalue weighted by molar-refractivity contribution is -0.138. The van der Waals surface area contributed by atoms with E-state index in [1.165, 1.54) is 6.07 Å². The molecular weight excluding hydrogens is 402 g/mol. The highest BCUT2D eigenvalue weighted by Crippen LogP contribution is 2.32. The largest absolute Gasteiger partial charge is 0.417 e. The molecule has 0 radical (unpaired) electrons. The minimum absolute atomic E-state index is 0.135. The van der Waals surface area contributed by atoms with Crippen LogP contribution < -0.4 is 5.69 Å². The van der Waals surface area contributed by atoms with Crippen molar-refractivity contribution < 1.29 is 26.3 Å². The Morgan fingerprint density at radius 1 is 0.963 bits per heavy atom. The summed E-state index contributed by atoms with van der Waals surface area (Å²) in [5.74, 6) is -0.389. The minimum Gasteiger partial charge on any atom is -0.249 e. The van der Waals surface area contributed by atoms with Gasteiger partial charge >= 0.3 is 18.0 Å². The number of halogens is 7. The number of pyridine rings is 1. The average molecular weight is 409 g/mol. The molecule has 3 aromatic rings. The molecule has 142 valence electrons. The summed E-state index contributed by atoms with van der Waals surface area (Å²) in [7, 11) is 0. The Morgan fingerprint density at radius 2 is 1.63 bits per heavy atom. The third kappa shape index (κ3) is 3.68. The molecule has 0 aliphatic carbocycles. The monoisotopic (exact) mass is 408 g/mol. The lowest BCUT2D eigenvalue weighted by Crippen LogP contribution is -2.24. The zero-order chi connectivity index (χ0) is 20.0. The Labute approximate surface area is 151 Å². The maximum absolute atomic E-state index is 12.8. The van der Waals surface area contributed by atoms with Gasteiger partial charge in [0.2, 0.25) is 0 Å². The van der Waals surface area contributed by atoms with Crippen LogP contribution in [-0.4, -0.2) is 19.3 Å². The highest BCUT2D eigenvalue weighted by Gasteiger charge is 2.32. The van der Waals surface area contributed by atoms with E-state index in [4.69, 9.17) is 11.6 Å². The number of benzene rings is 1. The van der Waals surface area contributed by atoms with Gasteiger partial charge < -0.3 is 0 Å². The fourth-order valence-electron chi connectivity index (χ4n) is 2.20. The highest BCUT2D eigenvalue weighted by molar-refractivity contribution is 6.32. The van der Waals surface area contributed by atoms with Crippen molar-refractivity contribution in [1.29, 1.82) is 0 Å². The summed E-state index contributed by atoms with van der Waals surface area (Å²) >= 11 is 5.76. The molecule has 3 rings (SSSR count). The normalized spacial score (nSPS) is 12.4. The van der Waals surface area contributed by atoms with Gasteiger partial charge in [-0.15, -0.1) is 0 Å². The van der Waals surface area contributed by atoms with Crippen LogP contribution in [0.3, 0.4) is 0 Å². The smallest absolute Gasteiger partial charge is 0.249 e. The second kappa shape index (κ2) is 6.41. The van der Waals surface area contributed by atoms with Gasteiger partial charge in [0.15, 0.2) is 5.82 Å². The third-order valence-electron chi connectivity index (χ3n) is 3.47. The van der Waals surface area contributed by atoms with E-state index in [1.54, 1.807) is 0 Å². The number of nitrogens with zero attached hydrogens (tertiary/aromatic N) is 4. The molecule has 12 heteroatoms. The Morgan fingerprint density at radius 3 is 2.22 bits per heavy atom. The molecule has 0 fully saturated rings. The van der Waals surface area contributed by atoms with E-state index in [-0.39, 0.29) is 11.5 Å². The SMILES string of the molecule is O=c1n(-c2cccc(C(F)(F)F)c2)cnn1-c1ncc(C(F)(F)F)cc1Cl. The zero-order valence-corrected chi connectivity index (χ0v) is 13.6. The zero-order valence-electron chi connectivity index (χ0n) is 12.9. The molecule has 27 heavy (non-hydrogen) atoms. The topological polar surface area (TPSA) is 52.7 Å². The van der Waals surface area contributed by atoms with Gasteiger partial charge in [0.1, 0.15) is 6.33 Å². The molecule has 2 heterocycles. The van der Waals surface area contributed by atoms with Crippen molar-refractivity contribution in [3.05, 3.63) is 69.5 Å². The van der Waals surface area contributed by atoms with Crippen LogP contribution in [0.4, 0.5) is 26.3 Å². The molecule has 0 aliphatic heterocycles. The second-order valence-corrected chi connectivity index (χ2v) is 5.68. The molecule has 2 aromatic heterocycles. The van der Waals surface area contributed by atoms with Gasteiger partial charge in [-0.2, -0.15) is 36.1 Å². The summed E-state index contributed by atoms with van der Waals surface area (Å²) in [4.78, 5) is 15.9. The summed E-state index contributed by atoms with van der Waals surface area (Å²) in [6.45, 7) is 0. The number of alkyl halides is 6. The van der Waals surface area contributed by atoms with Gasteiger partial charge in [0.05, 0.1) is 21.8 Å². The van der Waals surface area contributed by atoms with Crippen LogP contribution in [0.25, 0.3) is 11.5 Å². The van der Waals surface area contributed by atoms with E-state index in [0.29, 0.717) is 16.9 Å². The lowest BCUT2D eigenvalue weighted by atomic mass is 10.2. The van der Waals surface area contributed by atoms with E-state index in [9.17, 15) is 31.1 Å². The van der Waals surface area contributed by atoms with Gasteiger partial charge in [-0.25, -0.2) is 14.3 Å². The van der Waals surface area contributed by atoms with Crippen molar-refractivity contribution in [2.45, 2.75) is 12.4 Å². The average Bonchev–Trinajstić information content (AvgIpc) is 2.95. The summed E-state index contributed by atoms with van der Waals surface area (Å²) in [5.41, 5.74) is -3.19. The fraction of sp³-hybridized carbons (Fsp3) is 0.133. The Kier molecular flexibility index (Phi) is 4.50. The Hall–Kier alpha value is -2.82. The first-order chi connectivity index (χ1) is 12.5. The number of aromatic nitrogens is 4. The van der Waals surface area contributed by atoms with E-state index in [0.717, 1.165) is 29.1 Å². The molecule has 1 aromatic carbocycles. The summed E-state index contributed by atoms with van der Waals surface area (Å²) in [6, 6.07) is 4.47. The second-order valence-electron chi connectivity index (χ2n) is 5.27. The van der Waals surface area contributed by atoms with Crippen LogP contribution in [0.1, 0.15) is 11.1 Å². The van der Waals surface area contributed by atoms with Crippen molar-refractivity contribution in [1.82, 2.24) is 19.3 Å². The van der Waals surface area contributed by atoms with Gasteiger partial charge in [-0.3, -0.25) is 0 Å². The van der Waals surface area contributed by atoms with E-state index in [2.05, 4.69) is 10.1 Å². The van der Waals surface area contributed by atoms with Crippen molar-refractivity contribution in [3.63, 3.8) is 0 Å². The molecule has 0 saturated carbocycles. The maximum atomic E-state index is 12.8. The first-order valence-corrected chi connectivity index (χ1v) is 7.43. The van der Waals surface area contributed by atoms with Crippen LogP contribution in [0, 0.1) is 0 Å². The van der Waals surface area contributed by atoms with Gasteiger partial charge in [-0.1, -0.05) is 17.7 Å². The molecule has 0 unspecified atom stereocenters. The predicted molar refractivity (Wildman–Crippen MR) is 82.0 cm³/mol. The highest BCUT2D eigenvalue weighted by atomic mass is 35.5. The van der Waals surface area contributed by atoms with E-state index < -0.39 is 34.2 Å². The standard InChI is InChI=1S/C15H7ClF6N4O/c16-11-5-9(15(20,21)22)6-23-12(11)26-13(27)25(7-24-26)10-3-1-2-8(4-10)14(17,18)19/h1-7H. The van der Waals surface area contributed by atoms with Gasteiger partial charge in [0, 0.05) is 6.20 Å². The molecule has 5 nitrogen and oxygen atoms in total. The Balaban J connectivity index is 2.06. The van der Waals surface area contributed by atoms with Crippen molar-refractivity contribution in [3.8, 4) is 11.5 Å². The van der Waals surface area contributed by atoms with Crippen molar-refractivity contribution >= 4 is 11.6 Å². The van der Waals surface area contributed by atoms with Crippen LogP contribution >= 0.6 is 11.6 Å². The number of hydrogen-bond donors (Lipinski definition) is 0. The molecule has 0 spiro atoms. The summed E-state index contributed by atoms with van der Waals surface area (Å²) < 4.78 is 77.8. The maximum Gasteiger partial charge on any atom is 0.417 e. The minimum atomic E-state index is -4.68. The summed E-state index contributed by atoms with van der Waals surface area (Å²) in [6.07, 6.45) is -7.92. The molecule has 0 N–H and O–H groups in total. The fourth-order valence-corrected chi connectivity index (χ4v) is 2.45. The molecule has 0 saturated heterocycles. The number of hydrogen-bond acceptors (Lipinski definition) is 3. The molecule has 0 amide bonds. The van der Waals surface area contributed by atoms with Crippen LogP contribution in [0.5, 0.6) is 0 Å². The van der Waals surface area contributed by atoms with Crippen LogP contribution in [0.15, 0.2) is 47.7 Å². The molecule has 0 aliphatic rings. The Bertz CT molecular complexity index is 1050. The first kappa shape index (κ1) is 19.0.